The molecule has 0 aliphatic rings. The molecule has 128 valence electrons. The van der Waals surface area contributed by atoms with Gasteiger partial charge in [-0.25, -0.2) is 13.6 Å². The molecular weight excluding hydrogens is 334 g/mol. The van der Waals surface area contributed by atoms with Crippen LogP contribution in [0.3, 0.4) is 0 Å². The molecule has 2 aromatic carbocycles. The van der Waals surface area contributed by atoms with Crippen molar-refractivity contribution in [2.45, 2.75) is 4.90 Å². The lowest BCUT2D eigenvalue weighted by atomic mass is 10.2. The summed E-state index contributed by atoms with van der Waals surface area (Å²) in [7, 11) is -2.34. The topological polar surface area (TPSA) is 116 Å². The Balaban J connectivity index is 2.13. The molecule has 0 fully saturated rings. The predicted molar refractivity (Wildman–Crippen MR) is 89.7 cm³/mol. The van der Waals surface area contributed by atoms with Crippen LogP contribution in [0.1, 0.15) is 0 Å². The van der Waals surface area contributed by atoms with Crippen LogP contribution < -0.4 is 14.8 Å². The SMILES string of the molecule is CN(CCOc1ccccc1)c1ccc(S(N)(=O)=O)cc1[N+](=O)[O-]. The van der Waals surface area contributed by atoms with Gasteiger partial charge in [0.25, 0.3) is 5.69 Å². The quantitative estimate of drug-likeness (QED) is 0.600. The number of para-hydroxylation sites is 1. The highest BCUT2D eigenvalue weighted by Crippen LogP contribution is 2.29. The predicted octanol–water partition coefficient (Wildman–Crippen LogP) is 1.76. The van der Waals surface area contributed by atoms with E-state index < -0.39 is 14.9 Å². The number of hydrogen-bond donors (Lipinski definition) is 1. The Labute approximate surface area is 139 Å². The molecule has 0 spiro atoms. The summed E-state index contributed by atoms with van der Waals surface area (Å²) < 4.78 is 28.2. The number of hydrogen-bond acceptors (Lipinski definition) is 6. The normalized spacial score (nSPS) is 11.1. The number of primary sulfonamides is 1. The summed E-state index contributed by atoms with van der Waals surface area (Å²) in [6.45, 7) is 0.694. The molecule has 0 amide bonds. The Bertz CT molecular complexity index is 824. The minimum absolute atomic E-state index is 0.282. The van der Waals surface area contributed by atoms with Crippen molar-refractivity contribution in [2.24, 2.45) is 5.14 Å². The first-order valence-electron chi connectivity index (χ1n) is 6.99. The first-order valence-corrected chi connectivity index (χ1v) is 8.54. The van der Waals surface area contributed by atoms with Gasteiger partial charge in [0.1, 0.15) is 18.0 Å². The van der Waals surface area contributed by atoms with E-state index in [9.17, 15) is 18.5 Å². The lowest BCUT2D eigenvalue weighted by Gasteiger charge is -2.19. The number of benzene rings is 2. The van der Waals surface area contributed by atoms with Crippen molar-refractivity contribution in [3.8, 4) is 5.75 Å². The highest BCUT2D eigenvalue weighted by Gasteiger charge is 2.21. The average Bonchev–Trinajstić information content (AvgIpc) is 2.54. The minimum atomic E-state index is -4.00. The van der Waals surface area contributed by atoms with Crippen molar-refractivity contribution in [3.63, 3.8) is 0 Å². The lowest BCUT2D eigenvalue weighted by Crippen LogP contribution is -2.24. The summed E-state index contributed by atoms with van der Waals surface area (Å²) in [6, 6.07) is 12.7. The summed E-state index contributed by atoms with van der Waals surface area (Å²) >= 11 is 0. The zero-order valence-electron chi connectivity index (χ0n) is 13.0. The highest BCUT2D eigenvalue weighted by molar-refractivity contribution is 7.89. The van der Waals surface area contributed by atoms with Crippen molar-refractivity contribution < 1.29 is 18.1 Å². The third-order valence-corrected chi connectivity index (χ3v) is 4.23. The first-order chi connectivity index (χ1) is 11.3. The standard InChI is InChI=1S/C15H17N3O5S/c1-17(9-10-23-12-5-3-2-4-6-12)14-8-7-13(24(16,21)22)11-15(14)18(19)20/h2-8,11H,9-10H2,1H3,(H2,16,21,22). The van der Waals surface area contributed by atoms with Gasteiger partial charge >= 0.3 is 0 Å². The second kappa shape index (κ2) is 7.28. The Morgan fingerprint density at radius 1 is 1.21 bits per heavy atom. The number of sulfonamides is 1. The maximum absolute atomic E-state index is 11.3. The maximum Gasteiger partial charge on any atom is 0.293 e. The van der Waals surface area contributed by atoms with Gasteiger partial charge < -0.3 is 9.64 Å². The van der Waals surface area contributed by atoms with Gasteiger partial charge in [0.05, 0.1) is 16.4 Å². The van der Waals surface area contributed by atoms with E-state index in [1.165, 1.54) is 12.1 Å². The summed E-state index contributed by atoms with van der Waals surface area (Å²) in [5, 5.41) is 16.2. The number of ether oxygens (including phenoxy) is 1. The van der Waals surface area contributed by atoms with Gasteiger partial charge in [-0.05, 0) is 24.3 Å². The molecule has 0 heterocycles. The molecule has 24 heavy (non-hydrogen) atoms. The Hall–Kier alpha value is -2.65. The fourth-order valence-corrected chi connectivity index (χ4v) is 2.62. The zero-order valence-corrected chi connectivity index (χ0v) is 13.8. The zero-order chi connectivity index (χ0) is 17.7. The van der Waals surface area contributed by atoms with E-state index in [2.05, 4.69) is 0 Å². The molecule has 0 aliphatic carbocycles. The van der Waals surface area contributed by atoms with E-state index in [4.69, 9.17) is 9.88 Å². The van der Waals surface area contributed by atoms with E-state index >= 15 is 0 Å². The van der Waals surface area contributed by atoms with Gasteiger partial charge in [0, 0.05) is 13.1 Å². The van der Waals surface area contributed by atoms with E-state index in [0.29, 0.717) is 18.9 Å². The van der Waals surface area contributed by atoms with Crippen LogP contribution in [0, 0.1) is 10.1 Å². The van der Waals surface area contributed by atoms with Crippen LogP contribution in [0.15, 0.2) is 53.4 Å². The maximum atomic E-state index is 11.3. The van der Waals surface area contributed by atoms with Crippen LogP contribution in [-0.4, -0.2) is 33.5 Å². The van der Waals surface area contributed by atoms with Crippen molar-refractivity contribution in [1.82, 2.24) is 0 Å². The molecule has 0 unspecified atom stereocenters. The van der Waals surface area contributed by atoms with Gasteiger partial charge in [-0.3, -0.25) is 10.1 Å². The number of nitrogens with zero attached hydrogens (tertiary/aromatic N) is 2. The van der Waals surface area contributed by atoms with E-state index in [1.54, 1.807) is 11.9 Å². The van der Waals surface area contributed by atoms with E-state index in [-0.39, 0.29) is 16.3 Å². The molecule has 0 aromatic heterocycles. The van der Waals surface area contributed by atoms with Gasteiger partial charge in [-0.15, -0.1) is 0 Å². The number of nitro groups is 1. The van der Waals surface area contributed by atoms with E-state index in [0.717, 1.165) is 6.07 Å². The molecule has 0 atom stereocenters. The van der Waals surface area contributed by atoms with Gasteiger partial charge in [-0.2, -0.15) is 0 Å². The second-order valence-electron chi connectivity index (χ2n) is 5.04. The van der Waals surface area contributed by atoms with Crippen LogP contribution >= 0.6 is 0 Å². The third-order valence-electron chi connectivity index (χ3n) is 3.32. The van der Waals surface area contributed by atoms with Crippen LogP contribution in [0.2, 0.25) is 0 Å². The van der Waals surface area contributed by atoms with Crippen molar-refractivity contribution >= 4 is 21.4 Å². The molecule has 2 rings (SSSR count). The number of likely N-dealkylation sites (N-methyl/N-ethyl adjacent to an activating group) is 1. The fourth-order valence-electron chi connectivity index (χ4n) is 2.09. The van der Waals surface area contributed by atoms with E-state index in [1.807, 2.05) is 30.3 Å². The van der Waals surface area contributed by atoms with Crippen molar-refractivity contribution in [2.75, 3.05) is 25.1 Å². The van der Waals surface area contributed by atoms with Crippen LogP contribution in [0.4, 0.5) is 11.4 Å². The van der Waals surface area contributed by atoms with Crippen molar-refractivity contribution in [1.29, 1.82) is 0 Å². The second-order valence-corrected chi connectivity index (χ2v) is 6.60. The lowest BCUT2D eigenvalue weighted by molar-refractivity contribution is -0.384. The molecular formula is C15H17N3O5S. The molecule has 0 bridgehead atoms. The highest BCUT2D eigenvalue weighted by atomic mass is 32.2. The molecule has 2 aromatic rings. The van der Waals surface area contributed by atoms with Gasteiger partial charge in [0.2, 0.25) is 10.0 Å². The number of rotatable bonds is 7. The third kappa shape index (κ3) is 4.43. The monoisotopic (exact) mass is 351 g/mol. The number of nitro benzene ring substituents is 1. The molecule has 0 saturated carbocycles. The Morgan fingerprint density at radius 2 is 1.88 bits per heavy atom. The van der Waals surface area contributed by atoms with Gasteiger partial charge in [0.15, 0.2) is 0 Å². The first kappa shape index (κ1) is 17.7. The molecule has 0 radical (unpaired) electrons. The number of nitrogens with two attached hydrogens (primary N) is 1. The largest absolute Gasteiger partial charge is 0.492 e. The number of anilines is 1. The Kier molecular flexibility index (Phi) is 5.37. The average molecular weight is 351 g/mol. The summed E-state index contributed by atoms with van der Waals surface area (Å²) in [6.07, 6.45) is 0. The minimum Gasteiger partial charge on any atom is -0.492 e. The van der Waals surface area contributed by atoms with Crippen LogP contribution in [0.25, 0.3) is 0 Å². The molecule has 9 heteroatoms. The fraction of sp³-hybridized carbons (Fsp3) is 0.200. The van der Waals surface area contributed by atoms with Crippen molar-refractivity contribution in [3.05, 3.63) is 58.6 Å². The molecule has 8 nitrogen and oxygen atoms in total. The van der Waals surface area contributed by atoms with Gasteiger partial charge in [-0.1, -0.05) is 18.2 Å². The molecule has 0 aliphatic heterocycles. The van der Waals surface area contributed by atoms with Crippen LogP contribution in [0.5, 0.6) is 5.75 Å². The molecule has 2 N–H and O–H groups in total. The Morgan fingerprint density at radius 3 is 2.46 bits per heavy atom. The molecule has 0 saturated heterocycles. The van der Waals surface area contributed by atoms with Crippen LogP contribution in [-0.2, 0) is 10.0 Å². The summed E-state index contributed by atoms with van der Waals surface area (Å²) in [5.41, 5.74) is -0.0483. The summed E-state index contributed by atoms with van der Waals surface area (Å²) in [5.74, 6) is 0.699. The summed E-state index contributed by atoms with van der Waals surface area (Å²) in [4.78, 5) is 11.9. The smallest absolute Gasteiger partial charge is 0.293 e.